The van der Waals surface area contributed by atoms with E-state index in [2.05, 4.69) is 41.3 Å². The number of nitrogens with two attached hydrogens (primary N) is 1. The maximum atomic E-state index is 11.0. The second-order valence-corrected chi connectivity index (χ2v) is 6.50. The van der Waals surface area contributed by atoms with Crippen molar-refractivity contribution >= 4 is 44.9 Å². The monoisotopic (exact) mass is 409 g/mol. The number of hydrogen-bond donors (Lipinski definition) is 3. The Kier molecular flexibility index (Phi) is 4.44. The van der Waals surface area contributed by atoms with Gasteiger partial charge in [-0.25, -0.2) is 14.5 Å². The molecule has 3 heterocycles. The van der Waals surface area contributed by atoms with Crippen LogP contribution in [-0.2, 0) is 6.54 Å². The van der Waals surface area contributed by atoms with Gasteiger partial charge in [-0.15, -0.1) is 11.3 Å². The number of halogens is 1. The quantitative estimate of drug-likeness (QED) is 0.583. The average Bonchev–Trinajstić information content (AvgIpc) is 3.18. The molecule has 0 aromatic carbocycles. The van der Waals surface area contributed by atoms with Crippen LogP contribution in [0.5, 0.6) is 0 Å². The van der Waals surface area contributed by atoms with Gasteiger partial charge >= 0.3 is 5.97 Å². The van der Waals surface area contributed by atoms with Gasteiger partial charge in [-0.2, -0.15) is 15.1 Å². The van der Waals surface area contributed by atoms with Crippen LogP contribution in [-0.4, -0.2) is 35.8 Å². The zero-order valence-electron chi connectivity index (χ0n) is 12.4. The van der Waals surface area contributed by atoms with Crippen LogP contribution in [0, 0.1) is 6.92 Å². The Hall–Kier alpha value is -2.53. The summed E-state index contributed by atoms with van der Waals surface area (Å²) in [6.45, 7) is 2.46. The minimum Gasteiger partial charge on any atom is -0.478 e. The van der Waals surface area contributed by atoms with Crippen molar-refractivity contribution in [1.29, 1.82) is 0 Å². The van der Waals surface area contributed by atoms with Gasteiger partial charge < -0.3 is 16.2 Å². The van der Waals surface area contributed by atoms with Crippen LogP contribution < -0.4 is 11.1 Å². The summed E-state index contributed by atoms with van der Waals surface area (Å²) >= 11 is 4.89. The van der Waals surface area contributed by atoms with E-state index >= 15 is 0 Å². The zero-order valence-corrected chi connectivity index (χ0v) is 14.8. The zero-order chi connectivity index (χ0) is 17.3. The minimum absolute atomic E-state index is 0.0369. The molecular weight excluding hydrogens is 398 g/mol. The molecule has 0 atom stereocenters. The number of carboxylic acids is 1. The molecule has 11 heteroatoms. The topological polar surface area (TPSA) is 132 Å². The molecule has 9 nitrogen and oxygen atoms in total. The molecule has 0 bridgehead atoms. The Bertz CT molecular complexity index is 908. The van der Waals surface area contributed by atoms with Crippen LogP contribution in [0.25, 0.3) is 5.95 Å². The molecule has 4 N–H and O–H groups in total. The molecule has 0 aliphatic carbocycles. The van der Waals surface area contributed by atoms with Crippen LogP contribution >= 0.6 is 27.3 Å². The van der Waals surface area contributed by atoms with E-state index in [0.717, 1.165) is 10.6 Å². The average molecular weight is 410 g/mol. The SMILES string of the molecule is Cc1ncsc1CNc1nc(-n2cc(C(=O)O)cn2)nc(N)c1Br. The van der Waals surface area contributed by atoms with Crippen LogP contribution in [0.2, 0.25) is 0 Å². The lowest BCUT2D eigenvalue weighted by molar-refractivity contribution is 0.0697. The van der Waals surface area contributed by atoms with Crippen LogP contribution in [0.1, 0.15) is 20.9 Å². The highest BCUT2D eigenvalue weighted by Crippen LogP contribution is 2.27. The van der Waals surface area contributed by atoms with Gasteiger partial charge in [0, 0.05) is 11.1 Å². The number of nitrogens with one attached hydrogen (secondary N) is 1. The number of carboxylic acid groups (broad SMARTS) is 1. The standard InChI is InChI=1S/C13H12BrN7O2S/c1-6-8(24-5-17-6)3-16-11-9(14)10(15)19-13(20-11)21-4-7(2-18-21)12(22)23/h2,4-5H,3H2,1H3,(H,22,23)(H3,15,16,19,20). The van der Waals surface area contributed by atoms with Crippen molar-refractivity contribution in [3.63, 3.8) is 0 Å². The summed E-state index contributed by atoms with van der Waals surface area (Å²) in [6, 6.07) is 0. The number of aromatic carboxylic acids is 1. The number of rotatable bonds is 5. The van der Waals surface area contributed by atoms with Crippen molar-refractivity contribution in [2.45, 2.75) is 13.5 Å². The van der Waals surface area contributed by atoms with E-state index < -0.39 is 5.97 Å². The third-order valence-corrected chi connectivity index (χ3v) is 4.88. The number of hydrogen-bond acceptors (Lipinski definition) is 8. The van der Waals surface area contributed by atoms with Gasteiger partial charge in [0.25, 0.3) is 5.95 Å². The van der Waals surface area contributed by atoms with E-state index in [9.17, 15) is 4.79 Å². The molecule has 0 amide bonds. The third-order valence-electron chi connectivity index (χ3n) is 3.16. The van der Waals surface area contributed by atoms with Gasteiger partial charge in [0.05, 0.1) is 29.5 Å². The highest BCUT2D eigenvalue weighted by Gasteiger charge is 2.14. The van der Waals surface area contributed by atoms with Crippen molar-refractivity contribution in [2.24, 2.45) is 0 Å². The molecule has 0 saturated carbocycles. The minimum atomic E-state index is -1.08. The fraction of sp³-hybridized carbons (Fsp3) is 0.154. The van der Waals surface area contributed by atoms with Crippen LogP contribution in [0.3, 0.4) is 0 Å². The Morgan fingerprint density at radius 2 is 2.29 bits per heavy atom. The molecule has 0 aliphatic rings. The fourth-order valence-electron chi connectivity index (χ4n) is 1.87. The Balaban J connectivity index is 1.90. The van der Waals surface area contributed by atoms with Gasteiger partial charge in [-0.05, 0) is 22.9 Å². The third kappa shape index (κ3) is 3.21. The van der Waals surface area contributed by atoms with Gasteiger partial charge in [0.1, 0.15) is 16.1 Å². The summed E-state index contributed by atoms with van der Waals surface area (Å²) < 4.78 is 1.79. The highest BCUT2D eigenvalue weighted by molar-refractivity contribution is 9.10. The number of aryl methyl sites for hydroxylation is 1. The van der Waals surface area contributed by atoms with Gasteiger partial charge in [0.2, 0.25) is 0 Å². The smallest absolute Gasteiger partial charge is 0.338 e. The lowest BCUT2D eigenvalue weighted by atomic mass is 10.4. The lowest BCUT2D eigenvalue weighted by Crippen LogP contribution is -2.10. The number of aromatic nitrogens is 5. The molecule has 0 spiro atoms. The van der Waals surface area contributed by atoms with Gasteiger partial charge in [-0.1, -0.05) is 0 Å². The molecular formula is C13H12BrN7O2S. The number of carbonyl (C=O) groups is 1. The Labute approximate surface area is 148 Å². The molecule has 24 heavy (non-hydrogen) atoms. The predicted octanol–water partition coefficient (Wildman–Crippen LogP) is 2.08. The maximum Gasteiger partial charge on any atom is 0.338 e. The molecule has 124 valence electrons. The summed E-state index contributed by atoms with van der Waals surface area (Å²) in [6.07, 6.45) is 2.54. The molecule has 0 fully saturated rings. The summed E-state index contributed by atoms with van der Waals surface area (Å²) in [5, 5.41) is 16.1. The first-order valence-corrected chi connectivity index (χ1v) is 8.37. The van der Waals surface area contributed by atoms with Gasteiger partial charge in [0.15, 0.2) is 0 Å². The molecule has 0 unspecified atom stereocenters. The Morgan fingerprint density at radius 3 is 2.92 bits per heavy atom. The first kappa shape index (κ1) is 16.3. The molecule has 3 aromatic heterocycles. The van der Waals surface area contributed by atoms with E-state index in [0.29, 0.717) is 16.8 Å². The van der Waals surface area contributed by atoms with Crippen molar-refractivity contribution in [3.8, 4) is 5.95 Å². The van der Waals surface area contributed by atoms with Crippen molar-refractivity contribution < 1.29 is 9.90 Å². The van der Waals surface area contributed by atoms with Crippen LogP contribution in [0.15, 0.2) is 22.4 Å². The number of nitrogen functional groups attached to an aromatic ring is 1. The van der Waals surface area contributed by atoms with Crippen molar-refractivity contribution in [1.82, 2.24) is 24.7 Å². The second kappa shape index (κ2) is 6.53. The fourth-order valence-corrected chi connectivity index (χ4v) is 2.91. The summed E-state index contributed by atoms with van der Waals surface area (Å²) in [5.74, 6) is -0.203. The van der Waals surface area contributed by atoms with Crippen molar-refractivity contribution in [2.75, 3.05) is 11.1 Å². The molecule has 0 aliphatic heterocycles. The van der Waals surface area contributed by atoms with E-state index in [1.54, 1.807) is 5.51 Å². The number of nitrogens with zero attached hydrogens (tertiary/aromatic N) is 5. The van der Waals surface area contributed by atoms with Crippen molar-refractivity contribution in [3.05, 3.63) is 38.5 Å². The van der Waals surface area contributed by atoms with E-state index in [4.69, 9.17) is 10.8 Å². The summed E-state index contributed by atoms with van der Waals surface area (Å²) in [7, 11) is 0. The Morgan fingerprint density at radius 1 is 1.50 bits per heavy atom. The molecule has 3 rings (SSSR count). The van der Waals surface area contributed by atoms with Gasteiger partial charge in [-0.3, -0.25) is 0 Å². The summed E-state index contributed by atoms with van der Waals surface area (Å²) in [4.78, 5) is 24.7. The highest BCUT2D eigenvalue weighted by atomic mass is 79.9. The number of thiazole rings is 1. The largest absolute Gasteiger partial charge is 0.478 e. The lowest BCUT2D eigenvalue weighted by Gasteiger charge is -2.10. The summed E-state index contributed by atoms with van der Waals surface area (Å²) in [5.41, 5.74) is 8.66. The predicted molar refractivity (Wildman–Crippen MR) is 92.4 cm³/mol. The number of anilines is 2. The molecule has 0 saturated heterocycles. The normalized spacial score (nSPS) is 10.8. The van der Waals surface area contributed by atoms with E-state index in [1.165, 1.54) is 28.4 Å². The second-order valence-electron chi connectivity index (χ2n) is 4.76. The van der Waals surface area contributed by atoms with Crippen LogP contribution in [0.4, 0.5) is 11.6 Å². The van der Waals surface area contributed by atoms with E-state index in [1.807, 2.05) is 6.92 Å². The molecule has 3 aromatic rings. The maximum absolute atomic E-state index is 11.0. The first-order valence-electron chi connectivity index (χ1n) is 6.70. The first-order chi connectivity index (χ1) is 11.5. The van der Waals surface area contributed by atoms with E-state index in [-0.39, 0.29) is 17.3 Å². The molecule has 0 radical (unpaired) electrons.